The average molecular weight is 744 g/mol. The average Bonchev–Trinajstić information content (AvgIpc) is 3.74. The summed E-state index contributed by atoms with van der Waals surface area (Å²) in [6.45, 7) is 5.00. The second-order valence-corrected chi connectivity index (χ2v) is 15.0. The molecule has 2 aromatic rings. The molecule has 300 valence electrons. The van der Waals surface area contributed by atoms with Crippen molar-refractivity contribution in [2.75, 3.05) is 18.9 Å². The normalized spacial score (nSPS) is 21.7. The van der Waals surface area contributed by atoms with E-state index < -0.39 is 30.8 Å². The first-order valence-electron chi connectivity index (χ1n) is 21.2. The molecule has 0 radical (unpaired) electrons. The minimum absolute atomic E-state index is 0.0710. The van der Waals surface area contributed by atoms with Gasteiger partial charge in [0, 0.05) is 19.4 Å². The summed E-state index contributed by atoms with van der Waals surface area (Å²) in [5.41, 5.74) is 7.02. The molecule has 0 aromatic carbocycles. The first kappa shape index (κ1) is 42.9. The molecule has 0 saturated carbocycles. The number of carbonyl (C=O) groups excluding carboxylic acids is 2. The second-order valence-electron chi connectivity index (χ2n) is 15.0. The van der Waals surface area contributed by atoms with Gasteiger partial charge in [-0.05, 0) is 32.1 Å². The molecule has 2 aromatic heterocycles. The number of aromatic nitrogens is 4. The van der Waals surface area contributed by atoms with E-state index >= 15 is 0 Å². The standard InChI is InChI=1S/C41H69N5O7/c1-3-5-7-9-11-13-15-17-19-21-25-33(47)50-29-32-37(52-34(48)26-22-20-18-16-14-12-10-8-6-4-2)38(53-35-27-23-24-28-49-35)41(51-32)46-31-45-36-39(42)43-30-44-40(36)46/h30-32,35,37-38,41H,3-29H2,1-2H3,(H2,42,43,44)/t32-,35?,37-,38?,41-/m1/s1. The summed E-state index contributed by atoms with van der Waals surface area (Å²) < 4.78 is 32.8. The molecule has 0 bridgehead atoms. The minimum Gasteiger partial charge on any atom is -0.463 e. The van der Waals surface area contributed by atoms with Gasteiger partial charge >= 0.3 is 11.9 Å². The summed E-state index contributed by atoms with van der Waals surface area (Å²) in [4.78, 5) is 39.3. The van der Waals surface area contributed by atoms with Crippen LogP contribution in [0.4, 0.5) is 5.82 Å². The SMILES string of the molecule is CCCCCCCCCCCCC(=O)OC[C@H]1O[C@@H](n2cnc3c(N)ncnc32)C(OC2CCCCO2)[C@@H]1OC(=O)CCCCCCCCCCCC. The zero-order valence-electron chi connectivity index (χ0n) is 32.9. The maximum Gasteiger partial charge on any atom is 0.306 e. The van der Waals surface area contributed by atoms with E-state index in [0.717, 1.165) is 51.4 Å². The zero-order chi connectivity index (χ0) is 37.5. The van der Waals surface area contributed by atoms with Crippen LogP contribution in [0.25, 0.3) is 11.2 Å². The predicted molar refractivity (Wildman–Crippen MR) is 206 cm³/mol. The van der Waals surface area contributed by atoms with Crippen LogP contribution in [0.2, 0.25) is 0 Å². The maximum absolute atomic E-state index is 13.4. The van der Waals surface area contributed by atoms with Gasteiger partial charge in [-0.15, -0.1) is 0 Å². The van der Waals surface area contributed by atoms with E-state index in [1.807, 2.05) is 0 Å². The van der Waals surface area contributed by atoms with Crippen LogP contribution in [0.3, 0.4) is 0 Å². The van der Waals surface area contributed by atoms with Crippen LogP contribution >= 0.6 is 0 Å². The molecule has 12 nitrogen and oxygen atoms in total. The number of carbonyl (C=O) groups is 2. The van der Waals surface area contributed by atoms with Crippen LogP contribution in [-0.4, -0.2) is 69.3 Å². The van der Waals surface area contributed by atoms with Gasteiger partial charge in [-0.3, -0.25) is 14.2 Å². The molecule has 2 fully saturated rings. The van der Waals surface area contributed by atoms with Crippen molar-refractivity contribution >= 4 is 28.9 Å². The highest BCUT2D eigenvalue weighted by molar-refractivity contribution is 5.81. The quantitative estimate of drug-likeness (QED) is 0.0656. The third kappa shape index (κ3) is 15.1. The Morgan fingerprint density at radius 3 is 1.92 bits per heavy atom. The van der Waals surface area contributed by atoms with Crippen molar-refractivity contribution in [3.05, 3.63) is 12.7 Å². The highest BCUT2D eigenvalue weighted by atomic mass is 16.7. The lowest BCUT2D eigenvalue weighted by molar-refractivity contribution is -0.219. The van der Waals surface area contributed by atoms with Crippen LogP contribution < -0.4 is 5.73 Å². The van der Waals surface area contributed by atoms with Crippen LogP contribution in [0, 0.1) is 0 Å². The van der Waals surface area contributed by atoms with Gasteiger partial charge in [0.2, 0.25) is 0 Å². The van der Waals surface area contributed by atoms with E-state index in [4.69, 9.17) is 29.4 Å². The number of esters is 2. The number of rotatable bonds is 28. The molecule has 2 aliphatic rings. The largest absolute Gasteiger partial charge is 0.463 e. The smallest absolute Gasteiger partial charge is 0.306 e. The summed E-state index contributed by atoms with van der Waals surface area (Å²) in [5.74, 6) is -0.355. The molecular formula is C41H69N5O7. The third-order valence-corrected chi connectivity index (χ3v) is 10.5. The van der Waals surface area contributed by atoms with Gasteiger partial charge < -0.3 is 29.4 Å². The Balaban J connectivity index is 1.35. The number of unbranched alkanes of at least 4 members (excludes halogenated alkanes) is 18. The monoisotopic (exact) mass is 744 g/mol. The fourth-order valence-corrected chi connectivity index (χ4v) is 7.37. The Bertz CT molecular complexity index is 1300. The van der Waals surface area contributed by atoms with Crippen LogP contribution in [0.15, 0.2) is 12.7 Å². The van der Waals surface area contributed by atoms with Crippen molar-refractivity contribution in [2.45, 2.75) is 205 Å². The lowest BCUT2D eigenvalue weighted by Gasteiger charge is -2.31. The van der Waals surface area contributed by atoms with Gasteiger partial charge in [0.05, 0.1) is 6.33 Å². The van der Waals surface area contributed by atoms with E-state index in [2.05, 4.69) is 28.8 Å². The van der Waals surface area contributed by atoms with Gasteiger partial charge in [0.1, 0.15) is 30.7 Å². The molecule has 0 amide bonds. The van der Waals surface area contributed by atoms with Crippen LogP contribution in [0.5, 0.6) is 0 Å². The highest BCUT2D eigenvalue weighted by Crippen LogP contribution is 2.38. The molecule has 53 heavy (non-hydrogen) atoms. The summed E-state index contributed by atoms with van der Waals surface area (Å²) in [6, 6.07) is 0. The molecule has 0 aliphatic carbocycles. The van der Waals surface area contributed by atoms with Crippen molar-refractivity contribution in [3.63, 3.8) is 0 Å². The number of fused-ring (bicyclic) bond motifs is 1. The molecule has 12 heteroatoms. The molecule has 5 atom stereocenters. The summed E-state index contributed by atoms with van der Waals surface area (Å²) in [7, 11) is 0. The van der Waals surface area contributed by atoms with Crippen molar-refractivity contribution in [1.82, 2.24) is 19.5 Å². The van der Waals surface area contributed by atoms with Crippen molar-refractivity contribution in [3.8, 4) is 0 Å². The lowest BCUT2D eigenvalue weighted by Crippen LogP contribution is -2.43. The molecule has 0 spiro atoms. The Morgan fingerprint density at radius 1 is 0.755 bits per heavy atom. The highest BCUT2D eigenvalue weighted by Gasteiger charge is 2.51. The van der Waals surface area contributed by atoms with Crippen molar-refractivity contribution in [2.24, 2.45) is 0 Å². The number of ether oxygens (including phenoxy) is 5. The second kappa shape index (κ2) is 25.3. The van der Waals surface area contributed by atoms with Crippen LogP contribution in [-0.2, 0) is 33.3 Å². The van der Waals surface area contributed by atoms with E-state index in [1.165, 1.54) is 96.2 Å². The number of nitrogens with two attached hydrogens (primary N) is 1. The lowest BCUT2D eigenvalue weighted by atomic mass is 10.1. The molecule has 4 heterocycles. The van der Waals surface area contributed by atoms with E-state index in [-0.39, 0.29) is 24.4 Å². The van der Waals surface area contributed by atoms with Crippen molar-refractivity contribution < 1.29 is 33.3 Å². The first-order chi connectivity index (χ1) is 26.0. The zero-order valence-corrected chi connectivity index (χ0v) is 32.9. The summed E-state index contributed by atoms with van der Waals surface area (Å²) in [5, 5.41) is 0. The number of hydrogen-bond donors (Lipinski definition) is 1. The number of nitrogen functional groups attached to an aromatic ring is 1. The van der Waals surface area contributed by atoms with Gasteiger partial charge in [0.25, 0.3) is 0 Å². The summed E-state index contributed by atoms with van der Waals surface area (Å²) >= 11 is 0. The van der Waals surface area contributed by atoms with Gasteiger partial charge in [-0.1, -0.05) is 129 Å². The van der Waals surface area contributed by atoms with Gasteiger partial charge in [-0.2, -0.15) is 0 Å². The minimum atomic E-state index is -0.845. The molecule has 2 N–H and O–H groups in total. The number of hydrogen-bond acceptors (Lipinski definition) is 11. The molecule has 2 unspecified atom stereocenters. The molecule has 4 rings (SSSR count). The Kier molecular flexibility index (Phi) is 20.5. The van der Waals surface area contributed by atoms with Crippen molar-refractivity contribution in [1.29, 1.82) is 0 Å². The Morgan fingerprint density at radius 2 is 1.34 bits per heavy atom. The number of imidazole rings is 1. The molecular weight excluding hydrogens is 674 g/mol. The third-order valence-electron chi connectivity index (χ3n) is 10.5. The fraction of sp³-hybridized carbons (Fsp3) is 0.829. The molecule has 2 saturated heterocycles. The maximum atomic E-state index is 13.4. The number of nitrogens with zero attached hydrogens (tertiary/aromatic N) is 4. The fourth-order valence-electron chi connectivity index (χ4n) is 7.37. The topological polar surface area (TPSA) is 150 Å². The Hall–Kier alpha value is -2.83. The Labute approximate surface area is 318 Å². The van der Waals surface area contributed by atoms with E-state index in [1.54, 1.807) is 10.9 Å². The summed E-state index contributed by atoms with van der Waals surface area (Å²) in [6.07, 6.45) is 26.3. The van der Waals surface area contributed by atoms with Gasteiger partial charge in [0.15, 0.2) is 30.1 Å². The van der Waals surface area contributed by atoms with Crippen LogP contribution in [0.1, 0.15) is 181 Å². The van der Waals surface area contributed by atoms with E-state index in [9.17, 15) is 9.59 Å². The first-order valence-corrected chi connectivity index (χ1v) is 21.2. The predicted octanol–water partition coefficient (Wildman–Crippen LogP) is 9.29. The van der Waals surface area contributed by atoms with E-state index in [0.29, 0.717) is 37.0 Å². The number of anilines is 1. The van der Waals surface area contributed by atoms with Gasteiger partial charge in [-0.25, -0.2) is 15.0 Å². The molecule has 2 aliphatic heterocycles.